The van der Waals surface area contributed by atoms with Crippen LogP contribution in [-0.4, -0.2) is 26.9 Å². The van der Waals surface area contributed by atoms with Crippen LogP contribution in [0.4, 0.5) is 4.79 Å². The van der Waals surface area contributed by atoms with Gasteiger partial charge in [-0.1, -0.05) is 18.2 Å². The number of nitrogens with one attached hydrogen (secondary N) is 3. The van der Waals surface area contributed by atoms with Gasteiger partial charge in [0.25, 0.3) is 0 Å². The molecule has 0 saturated carbocycles. The van der Waals surface area contributed by atoms with Crippen LogP contribution in [0.1, 0.15) is 43.8 Å². The van der Waals surface area contributed by atoms with E-state index in [0.29, 0.717) is 6.42 Å². The number of H-pyrrole nitrogens is 2. The van der Waals surface area contributed by atoms with Gasteiger partial charge in [0, 0.05) is 23.5 Å². The lowest BCUT2D eigenvalue weighted by Gasteiger charge is -2.23. The quantitative estimate of drug-likeness (QED) is 0.671. The van der Waals surface area contributed by atoms with Crippen molar-refractivity contribution < 1.29 is 9.53 Å². The normalized spacial score (nSPS) is 13.0. The number of aryl methyl sites for hydroxylation is 1. The van der Waals surface area contributed by atoms with Gasteiger partial charge in [0.1, 0.15) is 5.60 Å². The first-order chi connectivity index (χ1) is 11.8. The Bertz CT molecular complexity index is 873. The average Bonchev–Trinajstić information content (AvgIpc) is 3.12. The Labute approximate surface area is 147 Å². The second-order valence-electron chi connectivity index (χ2n) is 7.23. The molecule has 0 saturated heterocycles. The highest BCUT2D eigenvalue weighted by Crippen LogP contribution is 2.24. The number of rotatable bonds is 4. The monoisotopic (exact) mass is 340 g/mol. The van der Waals surface area contributed by atoms with Crippen molar-refractivity contribution in [3.05, 3.63) is 53.5 Å². The van der Waals surface area contributed by atoms with E-state index in [4.69, 9.17) is 4.74 Å². The minimum Gasteiger partial charge on any atom is -0.444 e. The molecule has 25 heavy (non-hydrogen) atoms. The topological polar surface area (TPSA) is 82.8 Å². The molecule has 3 aromatic rings. The summed E-state index contributed by atoms with van der Waals surface area (Å²) >= 11 is 0. The predicted octanol–water partition coefficient (Wildman–Crippen LogP) is 4.01. The van der Waals surface area contributed by atoms with Crippen LogP contribution in [0.15, 0.2) is 36.5 Å². The highest BCUT2D eigenvalue weighted by Gasteiger charge is 2.23. The number of benzene rings is 1. The molecule has 2 aromatic heterocycles. The molecule has 132 valence electrons. The number of fused-ring (bicyclic) bond motifs is 1. The first kappa shape index (κ1) is 17.1. The molecule has 1 amide bonds. The summed E-state index contributed by atoms with van der Waals surface area (Å²) in [6, 6.07) is 9.81. The van der Waals surface area contributed by atoms with E-state index in [1.165, 1.54) is 0 Å². The van der Waals surface area contributed by atoms with Crippen LogP contribution >= 0.6 is 0 Å². The Kier molecular flexibility index (Phi) is 4.53. The third-order valence-electron chi connectivity index (χ3n) is 3.89. The van der Waals surface area contributed by atoms with Gasteiger partial charge >= 0.3 is 6.09 Å². The molecule has 0 bridgehead atoms. The van der Waals surface area contributed by atoms with Crippen LogP contribution in [0.3, 0.4) is 0 Å². The molecule has 3 N–H and O–H groups in total. The maximum atomic E-state index is 12.3. The van der Waals surface area contributed by atoms with E-state index in [1.807, 2.05) is 58.2 Å². The molecule has 0 spiro atoms. The zero-order valence-electron chi connectivity index (χ0n) is 15.0. The lowest BCUT2D eigenvalue weighted by atomic mass is 10.0. The van der Waals surface area contributed by atoms with Crippen LogP contribution in [-0.2, 0) is 11.2 Å². The first-order valence-corrected chi connectivity index (χ1v) is 8.38. The van der Waals surface area contributed by atoms with Crippen LogP contribution in [0.25, 0.3) is 10.9 Å². The van der Waals surface area contributed by atoms with Gasteiger partial charge in [-0.2, -0.15) is 5.10 Å². The highest BCUT2D eigenvalue weighted by atomic mass is 16.6. The molecule has 6 heteroatoms. The Balaban J connectivity index is 1.85. The summed E-state index contributed by atoms with van der Waals surface area (Å²) < 4.78 is 5.41. The summed E-state index contributed by atoms with van der Waals surface area (Å²) in [5.74, 6) is 0. The molecule has 0 aliphatic rings. The molecule has 0 aliphatic heterocycles. The van der Waals surface area contributed by atoms with Gasteiger partial charge in [0.2, 0.25) is 0 Å². The van der Waals surface area contributed by atoms with Gasteiger partial charge in [-0.15, -0.1) is 0 Å². The van der Waals surface area contributed by atoms with Crippen LogP contribution in [0.2, 0.25) is 0 Å². The minimum absolute atomic E-state index is 0.254. The molecule has 2 heterocycles. The number of aromatic nitrogens is 3. The number of para-hydroxylation sites is 1. The molecular formula is C19H24N4O2. The molecule has 1 atom stereocenters. The summed E-state index contributed by atoms with van der Waals surface area (Å²) in [6.45, 7) is 7.46. The maximum Gasteiger partial charge on any atom is 0.408 e. The summed E-state index contributed by atoms with van der Waals surface area (Å²) in [7, 11) is 0. The van der Waals surface area contributed by atoms with Gasteiger partial charge in [-0.05, 0) is 45.4 Å². The fraction of sp³-hybridized carbons (Fsp3) is 0.368. The van der Waals surface area contributed by atoms with Gasteiger partial charge in [0.05, 0.1) is 17.4 Å². The molecule has 0 aliphatic carbocycles. The number of hydrogen-bond donors (Lipinski definition) is 3. The van der Waals surface area contributed by atoms with Crippen molar-refractivity contribution in [1.82, 2.24) is 20.5 Å². The number of nitrogens with zero attached hydrogens (tertiary/aromatic N) is 1. The lowest BCUT2D eigenvalue weighted by molar-refractivity contribution is 0.0502. The zero-order valence-corrected chi connectivity index (χ0v) is 15.0. The van der Waals surface area contributed by atoms with Crippen molar-refractivity contribution in [3.63, 3.8) is 0 Å². The van der Waals surface area contributed by atoms with Gasteiger partial charge in [-0.3, -0.25) is 5.10 Å². The Hall–Kier alpha value is -2.76. The Morgan fingerprint density at radius 2 is 2.08 bits per heavy atom. The van der Waals surface area contributed by atoms with Crippen molar-refractivity contribution in [2.45, 2.75) is 45.8 Å². The SMILES string of the molecule is Cc1cc([C@@H](Cc2c[nH]c3ccccc23)NC(=O)OC(C)(C)C)[nH]n1. The Morgan fingerprint density at radius 3 is 2.76 bits per heavy atom. The molecule has 1 aromatic carbocycles. The van der Waals surface area contributed by atoms with E-state index < -0.39 is 11.7 Å². The standard InChI is InChI=1S/C19H24N4O2/c1-12-9-17(23-22-12)16(21-18(24)25-19(2,3)4)10-13-11-20-15-8-6-5-7-14(13)15/h5-9,11,16,20H,10H2,1-4H3,(H,21,24)(H,22,23)/t16-/m1/s1. The fourth-order valence-corrected chi connectivity index (χ4v) is 2.83. The number of hydrogen-bond acceptors (Lipinski definition) is 3. The van der Waals surface area contributed by atoms with Crippen LogP contribution in [0.5, 0.6) is 0 Å². The largest absolute Gasteiger partial charge is 0.444 e. The average molecular weight is 340 g/mol. The number of alkyl carbamates (subject to hydrolysis) is 1. The molecule has 6 nitrogen and oxygen atoms in total. The number of carbonyl (C=O) groups is 1. The molecule has 0 unspecified atom stereocenters. The fourth-order valence-electron chi connectivity index (χ4n) is 2.83. The van der Waals surface area contributed by atoms with Crippen molar-refractivity contribution in [2.75, 3.05) is 0 Å². The van der Waals surface area contributed by atoms with E-state index in [2.05, 4.69) is 26.6 Å². The van der Waals surface area contributed by atoms with E-state index in [1.54, 1.807) is 0 Å². The van der Waals surface area contributed by atoms with E-state index in [-0.39, 0.29) is 6.04 Å². The Morgan fingerprint density at radius 1 is 1.32 bits per heavy atom. The summed E-state index contributed by atoms with van der Waals surface area (Å²) in [5, 5.41) is 11.3. The van der Waals surface area contributed by atoms with Crippen molar-refractivity contribution in [2.24, 2.45) is 0 Å². The van der Waals surface area contributed by atoms with Crippen molar-refractivity contribution in [3.8, 4) is 0 Å². The van der Waals surface area contributed by atoms with Crippen LogP contribution < -0.4 is 5.32 Å². The number of ether oxygens (including phenoxy) is 1. The van der Waals surface area contributed by atoms with Gasteiger partial charge in [0.15, 0.2) is 0 Å². The van der Waals surface area contributed by atoms with Gasteiger partial charge < -0.3 is 15.0 Å². The third kappa shape index (κ3) is 4.21. The van der Waals surface area contributed by atoms with Gasteiger partial charge in [-0.25, -0.2) is 4.79 Å². The summed E-state index contributed by atoms with van der Waals surface area (Å²) in [5.41, 5.74) is 3.40. The van der Waals surface area contributed by atoms with Crippen molar-refractivity contribution >= 4 is 17.0 Å². The van der Waals surface area contributed by atoms with E-state index in [9.17, 15) is 4.79 Å². The van der Waals surface area contributed by atoms with E-state index in [0.717, 1.165) is 27.9 Å². The summed E-state index contributed by atoms with van der Waals surface area (Å²) in [4.78, 5) is 15.5. The second kappa shape index (κ2) is 6.63. The third-order valence-corrected chi connectivity index (χ3v) is 3.89. The van der Waals surface area contributed by atoms with E-state index >= 15 is 0 Å². The number of carbonyl (C=O) groups excluding carboxylic acids is 1. The molecular weight excluding hydrogens is 316 g/mol. The second-order valence-corrected chi connectivity index (χ2v) is 7.23. The minimum atomic E-state index is -0.542. The molecule has 3 rings (SSSR count). The predicted molar refractivity (Wildman–Crippen MR) is 97.4 cm³/mol. The molecule has 0 radical (unpaired) electrons. The lowest BCUT2D eigenvalue weighted by Crippen LogP contribution is -2.36. The number of amides is 1. The van der Waals surface area contributed by atoms with Crippen LogP contribution in [0, 0.1) is 6.92 Å². The first-order valence-electron chi connectivity index (χ1n) is 8.38. The zero-order chi connectivity index (χ0) is 18.0. The van der Waals surface area contributed by atoms with Crippen molar-refractivity contribution in [1.29, 1.82) is 0 Å². The maximum absolute atomic E-state index is 12.3. The smallest absolute Gasteiger partial charge is 0.408 e. The molecule has 0 fully saturated rings. The number of aromatic amines is 2. The highest BCUT2D eigenvalue weighted by molar-refractivity contribution is 5.83. The summed E-state index contributed by atoms with van der Waals surface area (Å²) in [6.07, 6.45) is 2.17.